The Labute approximate surface area is 162 Å². The third kappa shape index (κ3) is 4.21. The van der Waals surface area contributed by atoms with Crippen molar-refractivity contribution < 1.29 is 17.9 Å². The van der Waals surface area contributed by atoms with Crippen LogP contribution in [0, 0.1) is 13.8 Å². The highest BCUT2D eigenvalue weighted by Gasteiger charge is 2.30. The van der Waals surface area contributed by atoms with Gasteiger partial charge in [0.1, 0.15) is 11.5 Å². The quantitative estimate of drug-likeness (QED) is 0.468. The van der Waals surface area contributed by atoms with Crippen LogP contribution >= 0.6 is 0 Å². The van der Waals surface area contributed by atoms with Crippen molar-refractivity contribution in [3.8, 4) is 11.5 Å². The number of ether oxygens (including phenoxy) is 1. The van der Waals surface area contributed by atoms with Gasteiger partial charge in [-0.1, -0.05) is 19.4 Å². The molecule has 6 heteroatoms. The number of alkyl halides is 3. The first-order chi connectivity index (χ1) is 13.3. The number of aromatic nitrogens is 1. The van der Waals surface area contributed by atoms with Crippen molar-refractivity contribution in [3.63, 3.8) is 0 Å². The molecule has 0 aliphatic rings. The maximum Gasteiger partial charge on any atom is 0.416 e. The molecule has 2 aromatic carbocycles. The summed E-state index contributed by atoms with van der Waals surface area (Å²) in [4.78, 5) is 4.50. The normalized spacial score (nSPS) is 11.6. The molecule has 0 bridgehead atoms. The smallest absolute Gasteiger partial charge is 0.416 e. The minimum Gasteiger partial charge on any atom is -0.456 e. The van der Waals surface area contributed by atoms with E-state index in [2.05, 4.69) is 17.2 Å². The summed E-state index contributed by atoms with van der Waals surface area (Å²) in [6, 6.07) is 8.74. The van der Waals surface area contributed by atoms with Crippen LogP contribution in [0.2, 0.25) is 0 Å². The Morgan fingerprint density at radius 3 is 2.57 bits per heavy atom. The largest absolute Gasteiger partial charge is 0.456 e. The lowest BCUT2D eigenvalue weighted by atomic mass is 10.0. The van der Waals surface area contributed by atoms with E-state index in [0.717, 1.165) is 59.2 Å². The molecule has 0 fully saturated rings. The summed E-state index contributed by atoms with van der Waals surface area (Å²) >= 11 is 0. The van der Waals surface area contributed by atoms with Gasteiger partial charge in [0.2, 0.25) is 0 Å². The summed E-state index contributed by atoms with van der Waals surface area (Å²) < 4.78 is 45.0. The molecule has 1 heterocycles. The van der Waals surface area contributed by atoms with Gasteiger partial charge in [-0.3, -0.25) is 4.98 Å². The van der Waals surface area contributed by atoms with Crippen molar-refractivity contribution in [1.82, 2.24) is 4.98 Å². The molecule has 3 rings (SSSR count). The number of pyridine rings is 1. The van der Waals surface area contributed by atoms with Crippen LogP contribution in [0.4, 0.5) is 18.9 Å². The maximum atomic E-state index is 13.0. The van der Waals surface area contributed by atoms with Gasteiger partial charge in [0.15, 0.2) is 0 Å². The molecule has 1 N–H and O–H groups in total. The lowest BCUT2D eigenvalue weighted by Gasteiger charge is -2.18. The molecular weight excluding hydrogens is 365 g/mol. The summed E-state index contributed by atoms with van der Waals surface area (Å²) in [5.74, 6) is 0.676. The van der Waals surface area contributed by atoms with E-state index in [9.17, 15) is 13.2 Å². The van der Waals surface area contributed by atoms with E-state index in [1.54, 1.807) is 6.20 Å². The zero-order valence-electron chi connectivity index (χ0n) is 16.2. The van der Waals surface area contributed by atoms with Crippen LogP contribution in [0.25, 0.3) is 10.9 Å². The van der Waals surface area contributed by atoms with Gasteiger partial charge in [-0.25, -0.2) is 0 Å². The predicted octanol–water partition coefficient (Wildman–Crippen LogP) is 6.87. The molecule has 3 aromatic rings. The van der Waals surface area contributed by atoms with Crippen molar-refractivity contribution in [2.24, 2.45) is 0 Å². The van der Waals surface area contributed by atoms with Crippen molar-refractivity contribution in [1.29, 1.82) is 0 Å². The molecule has 0 radical (unpaired) electrons. The number of hydrogen-bond acceptors (Lipinski definition) is 3. The number of fused-ring (bicyclic) bond motifs is 1. The van der Waals surface area contributed by atoms with E-state index in [4.69, 9.17) is 4.74 Å². The van der Waals surface area contributed by atoms with E-state index < -0.39 is 11.7 Å². The molecule has 0 spiro atoms. The highest BCUT2D eigenvalue weighted by atomic mass is 19.4. The van der Waals surface area contributed by atoms with Crippen LogP contribution in [0.3, 0.4) is 0 Å². The lowest BCUT2D eigenvalue weighted by Crippen LogP contribution is -2.05. The summed E-state index contributed by atoms with van der Waals surface area (Å²) in [5.41, 5.74) is 2.71. The summed E-state index contributed by atoms with van der Waals surface area (Å²) in [7, 11) is 0. The standard InChI is InChI=1S/C22H23F3N2O/c1-4-5-10-26-18-12-15(3)21(19-14(2)9-11-27-20(18)19)28-17-8-6-7-16(13-17)22(23,24)25/h6-9,11-13,26H,4-5,10H2,1-3H3. The Kier molecular flexibility index (Phi) is 5.77. The minimum absolute atomic E-state index is 0.147. The van der Waals surface area contributed by atoms with Crippen molar-refractivity contribution in [2.45, 2.75) is 39.8 Å². The van der Waals surface area contributed by atoms with E-state index in [0.29, 0.717) is 5.75 Å². The zero-order valence-corrected chi connectivity index (χ0v) is 16.2. The average Bonchev–Trinajstić information content (AvgIpc) is 2.64. The van der Waals surface area contributed by atoms with Crippen LogP contribution in [0.15, 0.2) is 42.6 Å². The van der Waals surface area contributed by atoms with Gasteiger partial charge in [-0.15, -0.1) is 0 Å². The summed E-state index contributed by atoms with van der Waals surface area (Å²) in [6.45, 7) is 6.78. The number of hydrogen-bond donors (Lipinski definition) is 1. The second-order valence-corrected chi connectivity index (χ2v) is 6.83. The zero-order chi connectivity index (χ0) is 20.3. The SMILES string of the molecule is CCCCNc1cc(C)c(Oc2cccc(C(F)(F)F)c2)c2c(C)ccnc12. The van der Waals surface area contributed by atoms with Crippen LogP contribution < -0.4 is 10.1 Å². The molecule has 0 amide bonds. The van der Waals surface area contributed by atoms with Gasteiger partial charge in [-0.05, 0) is 61.7 Å². The van der Waals surface area contributed by atoms with Gasteiger partial charge >= 0.3 is 6.18 Å². The number of benzene rings is 2. The number of halogens is 3. The number of aryl methyl sites for hydroxylation is 2. The molecule has 1 aromatic heterocycles. The van der Waals surface area contributed by atoms with Crippen molar-refractivity contribution >= 4 is 16.6 Å². The van der Waals surface area contributed by atoms with Crippen molar-refractivity contribution in [2.75, 3.05) is 11.9 Å². The third-order valence-corrected chi connectivity index (χ3v) is 4.59. The second kappa shape index (κ2) is 8.09. The molecular formula is C22H23F3N2O. The molecule has 0 aliphatic carbocycles. The number of nitrogens with one attached hydrogen (secondary N) is 1. The molecule has 3 nitrogen and oxygen atoms in total. The molecule has 0 unspecified atom stereocenters. The van der Waals surface area contributed by atoms with E-state index in [-0.39, 0.29) is 5.75 Å². The van der Waals surface area contributed by atoms with E-state index >= 15 is 0 Å². The molecule has 0 saturated carbocycles. The Bertz CT molecular complexity index is 983. The first-order valence-corrected chi connectivity index (χ1v) is 9.29. The van der Waals surface area contributed by atoms with Gasteiger partial charge < -0.3 is 10.1 Å². The first-order valence-electron chi connectivity index (χ1n) is 9.29. The number of rotatable bonds is 6. The Hall–Kier alpha value is -2.76. The number of nitrogens with zero attached hydrogens (tertiary/aromatic N) is 1. The highest BCUT2D eigenvalue weighted by molar-refractivity contribution is 5.98. The highest BCUT2D eigenvalue weighted by Crippen LogP contribution is 2.39. The average molecular weight is 388 g/mol. The fraction of sp³-hybridized carbons (Fsp3) is 0.318. The van der Waals surface area contributed by atoms with E-state index in [1.165, 1.54) is 12.1 Å². The number of unbranched alkanes of at least 4 members (excludes halogenated alkanes) is 1. The topological polar surface area (TPSA) is 34.1 Å². The van der Waals surface area contributed by atoms with Gasteiger partial charge in [0, 0.05) is 18.1 Å². The van der Waals surface area contributed by atoms with Crippen molar-refractivity contribution in [3.05, 3.63) is 59.3 Å². The molecule has 148 valence electrons. The summed E-state index contributed by atoms with van der Waals surface area (Å²) in [5, 5.41) is 4.21. The van der Waals surface area contributed by atoms with Crippen LogP contribution in [-0.4, -0.2) is 11.5 Å². The van der Waals surface area contributed by atoms with Gasteiger partial charge in [0.05, 0.1) is 16.8 Å². The number of anilines is 1. The van der Waals surface area contributed by atoms with Crippen LogP contribution in [-0.2, 0) is 6.18 Å². The molecule has 0 aliphatic heterocycles. The van der Waals surface area contributed by atoms with Crippen LogP contribution in [0.1, 0.15) is 36.5 Å². The molecule has 0 saturated heterocycles. The van der Waals surface area contributed by atoms with Gasteiger partial charge in [0.25, 0.3) is 0 Å². The minimum atomic E-state index is -4.42. The second-order valence-electron chi connectivity index (χ2n) is 6.83. The maximum absolute atomic E-state index is 13.0. The first kappa shape index (κ1) is 20.0. The summed E-state index contributed by atoms with van der Waals surface area (Å²) in [6.07, 6.45) is -0.574. The Morgan fingerprint density at radius 2 is 1.86 bits per heavy atom. The van der Waals surface area contributed by atoms with Crippen LogP contribution in [0.5, 0.6) is 11.5 Å². The van der Waals surface area contributed by atoms with E-state index in [1.807, 2.05) is 26.0 Å². The fourth-order valence-corrected chi connectivity index (χ4v) is 3.12. The fourth-order valence-electron chi connectivity index (χ4n) is 3.12. The Balaban J connectivity index is 2.07. The van der Waals surface area contributed by atoms with Gasteiger partial charge in [-0.2, -0.15) is 13.2 Å². The molecule has 0 atom stereocenters. The molecule has 28 heavy (non-hydrogen) atoms. The lowest BCUT2D eigenvalue weighted by molar-refractivity contribution is -0.137. The third-order valence-electron chi connectivity index (χ3n) is 4.59. The predicted molar refractivity (Wildman–Crippen MR) is 106 cm³/mol. The Morgan fingerprint density at radius 1 is 1.07 bits per heavy atom. The monoisotopic (exact) mass is 388 g/mol.